The molecule has 0 spiro atoms. The van der Waals surface area contributed by atoms with Gasteiger partial charge in [0.25, 0.3) is 5.91 Å². The molecule has 0 aliphatic carbocycles. The highest BCUT2D eigenvalue weighted by molar-refractivity contribution is 9.10. The number of carboxylic acids is 1. The Morgan fingerprint density at radius 3 is 2.91 bits per heavy atom. The highest BCUT2D eigenvalue weighted by Crippen LogP contribution is 2.34. The van der Waals surface area contributed by atoms with Gasteiger partial charge in [0.15, 0.2) is 6.61 Å². The lowest BCUT2D eigenvalue weighted by atomic mass is 10.2. The first-order valence-electron chi connectivity index (χ1n) is 6.60. The van der Waals surface area contributed by atoms with Crippen LogP contribution in [0.15, 0.2) is 22.7 Å². The van der Waals surface area contributed by atoms with Crippen LogP contribution in [0.2, 0.25) is 0 Å². The smallest absolute Gasteiger partial charge is 0.308 e. The monoisotopic (exact) mass is 370 g/mol. The summed E-state index contributed by atoms with van der Waals surface area (Å²) in [5, 5.41) is 11.3. The standard InChI is InChI=1S/C14H15BrN2O5/c1-8(14(20)21)5-16-12(18)6-17-10-3-2-9(15)4-11(10)22-7-13(17)19/h2-4,8H,5-7H2,1H3,(H,16,18)(H,20,21). The van der Waals surface area contributed by atoms with Gasteiger partial charge in [0.05, 0.1) is 11.6 Å². The van der Waals surface area contributed by atoms with E-state index in [1.165, 1.54) is 11.8 Å². The molecule has 0 saturated heterocycles. The van der Waals surface area contributed by atoms with Crippen LogP contribution >= 0.6 is 15.9 Å². The van der Waals surface area contributed by atoms with Crippen LogP contribution in [0.1, 0.15) is 6.92 Å². The number of benzene rings is 1. The zero-order valence-electron chi connectivity index (χ0n) is 11.8. The molecule has 0 fully saturated rings. The van der Waals surface area contributed by atoms with Gasteiger partial charge in [-0.15, -0.1) is 0 Å². The number of amides is 2. The number of hydrogen-bond donors (Lipinski definition) is 2. The molecule has 0 saturated carbocycles. The summed E-state index contributed by atoms with van der Waals surface area (Å²) in [5.41, 5.74) is 0.515. The number of ether oxygens (including phenoxy) is 1. The number of carboxylic acid groups (broad SMARTS) is 1. The summed E-state index contributed by atoms with van der Waals surface area (Å²) in [6, 6.07) is 5.15. The third-order valence-electron chi connectivity index (χ3n) is 3.19. The Morgan fingerprint density at radius 2 is 2.23 bits per heavy atom. The molecule has 1 aliphatic rings. The molecule has 22 heavy (non-hydrogen) atoms. The first-order valence-corrected chi connectivity index (χ1v) is 7.40. The first-order chi connectivity index (χ1) is 10.4. The summed E-state index contributed by atoms with van der Waals surface area (Å²) >= 11 is 3.31. The number of aliphatic carboxylic acids is 1. The molecular weight excluding hydrogens is 356 g/mol. The zero-order chi connectivity index (χ0) is 16.3. The summed E-state index contributed by atoms with van der Waals surface area (Å²) in [5.74, 6) is -1.90. The van der Waals surface area contributed by atoms with E-state index in [0.29, 0.717) is 11.4 Å². The van der Waals surface area contributed by atoms with Crippen molar-refractivity contribution in [3.8, 4) is 5.75 Å². The fourth-order valence-electron chi connectivity index (χ4n) is 1.91. The van der Waals surface area contributed by atoms with E-state index in [4.69, 9.17) is 9.84 Å². The Kier molecular flexibility index (Phi) is 5.02. The van der Waals surface area contributed by atoms with Crippen molar-refractivity contribution in [1.29, 1.82) is 0 Å². The van der Waals surface area contributed by atoms with E-state index in [-0.39, 0.29) is 25.6 Å². The van der Waals surface area contributed by atoms with Crippen molar-refractivity contribution >= 4 is 39.4 Å². The van der Waals surface area contributed by atoms with E-state index in [0.717, 1.165) is 4.47 Å². The average molecular weight is 371 g/mol. The van der Waals surface area contributed by atoms with Crippen LogP contribution in [0.25, 0.3) is 0 Å². The number of nitrogens with zero attached hydrogens (tertiary/aromatic N) is 1. The molecule has 7 nitrogen and oxygen atoms in total. The molecule has 0 aromatic heterocycles. The second-order valence-electron chi connectivity index (χ2n) is 4.92. The van der Waals surface area contributed by atoms with Crippen molar-refractivity contribution in [2.45, 2.75) is 6.92 Å². The number of carbonyl (C=O) groups is 3. The fraction of sp³-hybridized carbons (Fsp3) is 0.357. The quantitative estimate of drug-likeness (QED) is 0.806. The van der Waals surface area contributed by atoms with E-state index in [9.17, 15) is 14.4 Å². The van der Waals surface area contributed by atoms with Gasteiger partial charge in [0, 0.05) is 11.0 Å². The predicted octanol–water partition coefficient (Wildman–Crippen LogP) is 1.01. The summed E-state index contributed by atoms with van der Waals surface area (Å²) in [7, 11) is 0. The molecule has 1 atom stereocenters. The molecule has 2 rings (SSSR count). The highest BCUT2D eigenvalue weighted by atomic mass is 79.9. The minimum Gasteiger partial charge on any atom is -0.482 e. The maximum atomic E-state index is 11.9. The molecule has 1 aromatic carbocycles. The molecular formula is C14H15BrN2O5. The van der Waals surface area contributed by atoms with E-state index >= 15 is 0 Å². The molecule has 118 valence electrons. The topological polar surface area (TPSA) is 95.9 Å². The second kappa shape index (κ2) is 6.78. The lowest BCUT2D eigenvalue weighted by molar-refractivity contribution is -0.141. The van der Waals surface area contributed by atoms with Crippen molar-refractivity contribution < 1.29 is 24.2 Å². The van der Waals surface area contributed by atoms with Gasteiger partial charge in [-0.1, -0.05) is 22.9 Å². The molecule has 1 aromatic rings. The number of anilines is 1. The number of carbonyl (C=O) groups excluding carboxylic acids is 2. The molecule has 8 heteroatoms. The van der Waals surface area contributed by atoms with Crippen LogP contribution in [-0.4, -0.2) is 42.6 Å². The zero-order valence-corrected chi connectivity index (χ0v) is 13.4. The van der Waals surface area contributed by atoms with Gasteiger partial charge in [-0.3, -0.25) is 19.3 Å². The number of fused-ring (bicyclic) bond motifs is 1. The number of rotatable bonds is 5. The number of hydrogen-bond acceptors (Lipinski definition) is 4. The van der Waals surface area contributed by atoms with Crippen LogP contribution in [0.4, 0.5) is 5.69 Å². The molecule has 2 amide bonds. The summed E-state index contributed by atoms with van der Waals surface area (Å²) in [6.45, 7) is 1.20. The third-order valence-corrected chi connectivity index (χ3v) is 3.69. The van der Waals surface area contributed by atoms with Crippen molar-refractivity contribution in [3.05, 3.63) is 22.7 Å². The van der Waals surface area contributed by atoms with E-state index in [1.807, 2.05) is 0 Å². The largest absolute Gasteiger partial charge is 0.482 e. The lowest BCUT2D eigenvalue weighted by Crippen LogP contribution is -2.46. The van der Waals surface area contributed by atoms with Gasteiger partial charge < -0.3 is 15.2 Å². The first kappa shape index (κ1) is 16.3. The number of nitrogens with one attached hydrogen (secondary N) is 1. The molecule has 1 heterocycles. The fourth-order valence-corrected chi connectivity index (χ4v) is 2.25. The maximum Gasteiger partial charge on any atom is 0.308 e. The van der Waals surface area contributed by atoms with Gasteiger partial charge in [0.2, 0.25) is 5.91 Å². The summed E-state index contributed by atoms with van der Waals surface area (Å²) in [6.07, 6.45) is 0. The second-order valence-corrected chi connectivity index (χ2v) is 5.84. The van der Waals surface area contributed by atoms with Crippen LogP contribution in [0, 0.1) is 5.92 Å². The Hall–Kier alpha value is -2.09. The van der Waals surface area contributed by atoms with E-state index in [1.54, 1.807) is 18.2 Å². The Morgan fingerprint density at radius 1 is 1.50 bits per heavy atom. The highest BCUT2D eigenvalue weighted by Gasteiger charge is 2.27. The minimum atomic E-state index is -0.988. The minimum absolute atomic E-state index is 0.0138. The van der Waals surface area contributed by atoms with Gasteiger partial charge in [0.1, 0.15) is 12.3 Å². The van der Waals surface area contributed by atoms with Crippen LogP contribution in [0.3, 0.4) is 0 Å². The molecule has 0 radical (unpaired) electrons. The van der Waals surface area contributed by atoms with Gasteiger partial charge in [-0.25, -0.2) is 0 Å². The Balaban J connectivity index is 2.04. The molecule has 2 N–H and O–H groups in total. The van der Waals surface area contributed by atoms with Gasteiger partial charge in [-0.05, 0) is 18.2 Å². The summed E-state index contributed by atoms with van der Waals surface area (Å²) in [4.78, 5) is 35.9. The van der Waals surface area contributed by atoms with Crippen molar-refractivity contribution in [3.63, 3.8) is 0 Å². The molecule has 1 unspecified atom stereocenters. The van der Waals surface area contributed by atoms with E-state index < -0.39 is 17.8 Å². The van der Waals surface area contributed by atoms with Crippen molar-refractivity contribution in [2.24, 2.45) is 5.92 Å². The van der Waals surface area contributed by atoms with Crippen molar-refractivity contribution in [2.75, 3.05) is 24.6 Å². The molecule has 1 aliphatic heterocycles. The van der Waals surface area contributed by atoms with Crippen molar-refractivity contribution in [1.82, 2.24) is 5.32 Å². The van der Waals surface area contributed by atoms with Crippen LogP contribution in [-0.2, 0) is 14.4 Å². The van der Waals surface area contributed by atoms with E-state index in [2.05, 4.69) is 21.2 Å². The SMILES string of the molecule is CC(CNC(=O)CN1C(=O)COc2cc(Br)ccc21)C(=O)O. The molecule has 0 bridgehead atoms. The third kappa shape index (κ3) is 3.76. The normalized spacial score (nSPS) is 14.8. The lowest BCUT2D eigenvalue weighted by Gasteiger charge is -2.29. The Bertz CT molecular complexity index is 619. The van der Waals surface area contributed by atoms with Crippen LogP contribution in [0.5, 0.6) is 5.75 Å². The maximum absolute atomic E-state index is 11.9. The number of halogens is 1. The van der Waals surface area contributed by atoms with Gasteiger partial charge >= 0.3 is 5.97 Å². The Labute approximate surface area is 135 Å². The van der Waals surface area contributed by atoms with Gasteiger partial charge in [-0.2, -0.15) is 0 Å². The van der Waals surface area contributed by atoms with Crippen LogP contribution < -0.4 is 15.0 Å². The summed E-state index contributed by atoms with van der Waals surface area (Å²) < 4.78 is 6.13. The average Bonchev–Trinajstić information content (AvgIpc) is 2.47. The predicted molar refractivity (Wildman–Crippen MR) is 81.8 cm³/mol.